The Labute approximate surface area is 88.2 Å². The second-order valence-corrected chi connectivity index (χ2v) is 10.2. The maximum atomic E-state index is 4.87. The molecule has 0 aromatic rings. The summed E-state index contributed by atoms with van der Waals surface area (Å²) in [6.45, 7) is 6.87. The first kappa shape index (κ1) is 15.3. The number of hydrogen-bond acceptors (Lipinski definition) is 0. The molecular weight excluding hydrogens is 268 g/mol. The van der Waals surface area contributed by atoms with Gasteiger partial charge in [0.05, 0.1) is 0 Å². The van der Waals surface area contributed by atoms with E-state index >= 15 is 0 Å². The topological polar surface area (TPSA) is 0 Å². The van der Waals surface area contributed by atoms with E-state index in [1.54, 1.807) is 0 Å². The van der Waals surface area contributed by atoms with Gasteiger partial charge in [-0.3, -0.25) is 0 Å². The Hall–Kier alpha value is 1.81. The third-order valence-electron chi connectivity index (χ3n) is 1.34. The summed E-state index contributed by atoms with van der Waals surface area (Å²) < 4.78 is 0. The Bertz CT molecular complexity index is 60.6. The van der Waals surface area contributed by atoms with E-state index in [4.69, 9.17) is 30.4 Å². The van der Waals surface area contributed by atoms with Crippen LogP contribution in [0.1, 0.15) is 20.8 Å². The Morgan fingerprint density at radius 1 is 0.909 bits per heavy atom. The van der Waals surface area contributed by atoms with Gasteiger partial charge in [-0.1, -0.05) is 20.8 Å². The molecule has 0 rings (SSSR count). The van der Waals surface area contributed by atoms with Crippen LogP contribution in [0, 0.1) is 0 Å². The van der Waals surface area contributed by atoms with Crippen molar-refractivity contribution in [3.05, 3.63) is 0 Å². The minimum absolute atomic E-state index is 0.446. The van der Waals surface area contributed by atoms with Crippen molar-refractivity contribution in [2.45, 2.75) is 20.8 Å². The summed E-state index contributed by atoms with van der Waals surface area (Å²) >= 11 is 0. The molecule has 0 unspecified atom stereocenters. The van der Waals surface area contributed by atoms with Gasteiger partial charge in [0, 0.05) is 0 Å². The Morgan fingerprint density at radius 3 is 1.09 bits per heavy atom. The van der Waals surface area contributed by atoms with Crippen molar-refractivity contribution in [1.29, 1.82) is 0 Å². The molecule has 0 spiro atoms. The molecule has 0 heterocycles. The van der Waals surface area contributed by atoms with E-state index in [0.29, 0.717) is 7.92 Å². The summed E-state index contributed by atoms with van der Waals surface area (Å²) in [4.78, 5) is 0. The molecule has 0 bridgehead atoms. The van der Waals surface area contributed by atoms with E-state index in [-0.39, 0.29) is 0 Å². The molecule has 11 heavy (non-hydrogen) atoms. The van der Waals surface area contributed by atoms with Crippen LogP contribution in [0.3, 0.4) is 0 Å². The van der Waals surface area contributed by atoms with Crippen LogP contribution in [-0.2, 0) is 10.9 Å². The van der Waals surface area contributed by atoms with Crippen LogP contribution >= 0.6 is 38.4 Å². The Balaban J connectivity index is 0. The molecule has 0 radical (unpaired) electrons. The van der Waals surface area contributed by atoms with E-state index in [0.717, 1.165) is 0 Å². The third-order valence-corrected chi connectivity index (χ3v) is 4.02. The average molecular weight is 283 g/mol. The maximum absolute atomic E-state index is 4.87. The average Bonchev–Trinajstić information content (AvgIpc) is 1.90. The molecule has 0 fully saturated rings. The van der Waals surface area contributed by atoms with Gasteiger partial charge in [0.15, 0.2) is 0 Å². The van der Waals surface area contributed by atoms with Gasteiger partial charge in [0.1, 0.15) is 0 Å². The van der Waals surface area contributed by atoms with Crippen molar-refractivity contribution >= 4 is 38.4 Å². The molecule has 0 aliphatic heterocycles. The van der Waals surface area contributed by atoms with Crippen LogP contribution in [0.25, 0.3) is 0 Å². The molecule has 0 aliphatic carbocycles. The van der Waals surface area contributed by atoms with Crippen LogP contribution in [0.5, 0.6) is 0 Å². The van der Waals surface area contributed by atoms with Crippen molar-refractivity contribution < 1.29 is 10.9 Å². The van der Waals surface area contributed by atoms with Gasteiger partial charge < -0.3 is 0 Å². The second-order valence-electron chi connectivity index (χ2n) is 1.76. The van der Waals surface area contributed by atoms with Gasteiger partial charge in [0.2, 0.25) is 0 Å². The van der Waals surface area contributed by atoms with Gasteiger partial charge in [-0.2, -0.15) is 0 Å². The second kappa shape index (κ2) is 11.8. The number of halogens is 3. The molecule has 0 saturated carbocycles. The van der Waals surface area contributed by atoms with Gasteiger partial charge in [-0.05, 0) is 18.5 Å². The fourth-order valence-corrected chi connectivity index (χ4v) is 2.01. The summed E-state index contributed by atoms with van der Waals surface area (Å²) in [5.41, 5.74) is 0. The molecule has 0 aromatic heterocycles. The molecule has 0 N–H and O–H groups in total. The molecule has 0 nitrogen and oxygen atoms in total. The van der Waals surface area contributed by atoms with Crippen molar-refractivity contribution in [2.75, 3.05) is 18.5 Å². The minimum atomic E-state index is -1.19. The Kier molecular flexibility index (Phi) is 16.4. The van der Waals surface area contributed by atoms with Crippen molar-refractivity contribution in [2.24, 2.45) is 0 Å². The predicted molar refractivity (Wildman–Crippen MR) is 56.1 cm³/mol. The molecular formula is C6H15Cl3CoP. The van der Waals surface area contributed by atoms with E-state index in [1.165, 1.54) is 18.5 Å². The van der Waals surface area contributed by atoms with Gasteiger partial charge in [0.25, 0.3) is 0 Å². The van der Waals surface area contributed by atoms with Crippen LogP contribution < -0.4 is 0 Å². The monoisotopic (exact) mass is 282 g/mol. The van der Waals surface area contributed by atoms with E-state index in [9.17, 15) is 0 Å². The first-order valence-corrected chi connectivity index (χ1v) is 9.64. The van der Waals surface area contributed by atoms with Crippen molar-refractivity contribution in [3.8, 4) is 0 Å². The zero-order valence-corrected chi connectivity index (χ0v) is 11.2. The van der Waals surface area contributed by atoms with E-state index in [1.807, 2.05) is 0 Å². The molecule has 0 aromatic carbocycles. The zero-order valence-electron chi connectivity index (χ0n) is 7.04. The fraction of sp³-hybridized carbons (Fsp3) is 1.00. The molecule has 0 amide bonds. The molecule has 0 saturated heterocycles. The summed E-state index contributed by atoms with van der Waals surface area (Å²) in [5.74, 6) is 0. The first-order chi connectivity index (χ1) is 5.08. The van der Waals surface area contributed by atoms with E-state index < -0.39 is 10.9 Å². The summed E-state index contributed by atoms with van der Waals surface area (Å²) in [5, 5.41) is 0. The van der Waals surface area contributed by atoms with Gasteiger partial charge in [-0.15, -0.1) is 7.92 Å². The van der Waals surface area contributed by atoms with E-state index in [2.05, 4.69) is 20.8 Å². The Morgan fingerprint density at radius 2 is 1.09 bits per heavy atom. The summed E-state index contributed by atoms with van der Waals surface area (Å²) in [6.07, 6.45) is 4.26. The fourth-order valence-electron chi connectivity index (χ4n) is 0.671. The normalized spacial score (nSPS) is 10.6. The molecule has 5 heteroatoms. The van der Waals surface area contributed by atoms with Crippen LogP contribution in [0.4, 0.5) is 0 Å². The number of rotatable bonds is 3. The zero-order chi connectivity index (χ0) is 9.28. The SMILES string of the molecule is CCP(CC)CC.[Cl][Co]([Cl])[Cl]. The number of hydrogen-bond donors (Lipinski definition) is 0. The summed E-state index contributed by atoms with van der Waals surface area (Å²) in [6, 6.07) is 0. The summed E-state index contributed by atoms with van der Waals surface area (Å²) in [7, 11) is 13.9. The molecule has 0 aliphatic rings. The quantitative estimate of drug-likeness (QED) is 0.664. The van der Waals surface area contributed by atoms with Crippen LogP contribution in [0.2, 0.25) is 0 Å². The predicted octanol–water partition coefficient (Wildman–Crippen LogP) is 4.59. The third kappa shape index (κ3) is 18.6. The molecule has 74 valence electrons. The standard InChI is InChI=1S/C6H15P.3ClH.Co/c1-4-7(5-2)6-3;;;;/h4-6H2,1-3H3;3*1H;/q;;;;+3/p-3. The van der Waals surface area contributed by atoms with Gasteiger partial charge >= 0.3 is 41.4 Å². The molecule has 0 atom stereocenters. The van der Waals surface area contributed by atoms with Gasteiger partial charge in [-0.25, -0.2) is 0 Å². The first-order valence-electron chi connectivity index (χ1n) is 3.45. The van der Waals surface area contributed by atoms with Crippen molar-refractivity contribution in [3.63, 3.8) is 0 Å². The van der Waals surface area contributed by atoms with Crippen molar-refractivity contribution in [1.82, 2.24) is 0 Å². The van der Waals surface area contributed by atoms with Crippen LogP contribution in [0.15, 0.2) is 0 Å². The van der Waals surface area contributed by atoms with Crippen LogP contribution in [-0.4, -0.2) is 18.5 Å².